The van der Waals surface area contributed by atoms with Gasteiger partial charge in [-0.1, -0.05) is 62.3 Å². The van der Waals surface area contributed by atoms with Gasteiger partial charge < -0.3 is 30.2 Å². The molecule has 53 heavy (non-hydrogen) atoms. The third-order valence-corrected chi connectivity index (χ3v) is 10.4. The number of halogens is 5. The Balaban J connectivity index is 0.000000204. The minimum absolute atomic E-state index is 0.0307. The molecule has 4 aromatic carbocycles. The van der Waals surface area contributed by atoms with E-state index in [1.54, 1.807) is 86.3 Å². The summed E-state index contributed by atoms with van der Waals surface area (Å²) in [5.74, 6) is -0.0877. The maximum absolute atomic E-state index is 12.6. The van der Waals surface area contributed by atoms with Gasteiger partial charge in [0.05, 0.1) is 10.0 Å². The summed E-state index contributed by atoms with van der Waals surface area (Å²) in [5.41, 5.74) is 2.53. The van der Waals surface area contributed by atoms with Crippen LogP contribution in [0.15, 0.2) is 95.5 Å². The van der Waals surface area contributed by atoms with Gasteiger partial charge in [0.25, 0.3) is 11.8 Å². The molecule has 15 heteroatoms. The van der Waals surface area contributed by atoms with Crippen molar-refractivity contribution < 1.29 is 19.2 Å². The number of nitrogens with one attached hydrogen (secondary N) is 2. The van der Waals surface area contributed by atoms with Crippen molar-refractivity contribution in [1.82, 2.24) is 19.6 Å². The van der Waals surface area contributed by atoms with E-state index in [2.05, 4.69) is 26.6 Å². The van der Waals surface area contributed by atoms with Crippen LogP contribution in [0.3, 0.4) is 0 Å². The molecule has 4 aromatic rings. The lowest BCUT2D eigenvalue weighted by atomic mass is 10.2. The largest absolute Gasteiger partial charge is 0.337 e. The van der Waals surface area contributed by atoms with Crippen LogP contribution in [-0.2, 0) is 0 Å². The Kier molecular flexibility index (Phi) is 14.7. The average molecular weight is 863 g/mol. The zero-order chi connectivity index (χ0) is 37.9. The van der Waals surface area contributed by atoms with Crippen molar-refractivity contribution in [3.8, 4) is 0 Å². The number of hydrogen-bond acceptors (Lipinski definition) is 4. The Labute approximate surface area is 337 Å². The first kappa shape index (κ1) is 40.2. The summed E-state index contributed by atoms with van der Waals surface area (Å²) < 4.78 is 0.960. The topological polar surface area (TPSA) is 105 Å². The monoisotopic (exact) mass is 860 g/mol. The predicted molar refractivity (Wildman–Crippen MR) is 216 cm³/mol. The van der Waals surface area contributed by atoms with E-state index in [0.29, 0.717) is 95.7 Å². The number of amides is 6. The summed E-state index contributed by atoms with van der Waals surface area (Å²) in [7, 11) is 0. The molecule has 0 radical (unpaired) electrons. The van der Waals surface area contributed by atoms with Crippen molar-refractivity contribution in [2.45, 2.75) is 12.8 Å². The van der Waals surface area contributed by atoms with Gasteiger partial charge in [-0.15, -0.1) is 0 Å². The highest BCUT2D eigenvalue weighted by Crippen LogP contribution is 2.25. The molecule has 6 amide bonds. The van der Waals surface area contributed by atoms with E-state index >= 15 is 0 Å². The quantitative estimate of drug-likeness (QED) is 0.213. The summed E-state index contributed by atoms with van der Waals surface area (Å²) in [6.45, 7) is 4.34. The van der Waals surface area contributed by atoms with Crippen LogP contribution in [0.1, 0.15) is 33.6 Å². The van der Waals surface area contributed by atoms with Crippen molar-refractivity contribution in [1.29, 1.82) is 0 Å². The number of anilines is 2. The molecule has 2 aliphatic heterocycles. The summed E-state index contributed by atoms with van der Waals surface area (Å²) in [6, 6.07) is 25.7. The molecule has 0 aromatic heterocycles. The highest BCUT2D eigenvalue weighted by Gasteiger charge is 2.24. The van der Waals surface area contributed by atoms with Gasteiger partial charge >= 0.3 is 12.1 Å². The molecule has 2 fully saturated rings. The van der Waals surface area contributed by atoms with Crippen molar-refractivity contribution >= 4 is 97.6 Å². The number of rotatable bonds is 4. The number of urea groups is 2. The number of benzene rings is 4. The number of hydrogen-bond donors (Lipinski definition) is 2. The minimum Gasteiger partial charge on any atom is -0.337 e. The second kappa shape index (κ2) is 19.4. The number of nitrogens with zero attached hydrogens (tertiary/aromatic N) is 4. The summed E-state index contributed by atoms with van der Waals surface area (Å²) in [4.78, 5) is 57.2. The van der Waals surface area contributed by atoms with Crippen LogP contribution in [0.2, 0.25) is 20.1 Å². The lowest BCUT2D eigenvalue weighted by Crippen LogP contribution is -2.39. The minimum atomic E-state index is -0.228. The normalized spacial score (nSPS) is 14.7. The van der Waals surface area contributed by atoms with Crippen molar-refractivity contribution in [2.24, 2.45) is 0 Å². The lowest BCUT2D eigenvalue weighted by molar-refractivity contribution is 0.0755. The van der Waals surface area contributed by atoms with Crippen molar-refractivity contribution in [3.63, 3.8) is 0 Å². The van der Waals surface area contributed by atoms with E-state index in [0.717, 1.165) is 16.6 Å². The standard InChI is InChI=1S/C19H19BrClN3O2.C19H18Cl3N3O2/c20-15-4-8-17(9-5-15)22-19(26)24-11-1-10-23(12-13-24)18(25)14-2-6-16(21)7-3-14;20-14-4-2-13(3-5-14)18(26)24-8-1-9-25(11-10-24)19(27)23-15-6-7-16(21)17(22)12-15/h2-9H,1,10-13H2,(H,22,26);2-7,12H,1,8-11H2,(H,23,27). The Morgan fingerprint density at radius 3 is 1.32 bits per heavy atom. The fourth-order valence-corrected chi connectivity index (χ4v) is 6.52. The van der Waals surface area contributed by atoms with Gasteiger partial charge in [0, 0.05) is 89.4 Å². The van der Waals surface area contributed by atoms with Crippen molar-refractivity contribution in [2.75, 3.05) is 63.0 Å². The molecule has 2 saturated heterocycles. The van der Waals surface area contributed by atoms with Gasteiger partial charge in [-0.25, -0.2) is 9.59 Å². The van der Waals surface area contributed by atoms with Gasteiger partial charge in [-0.3, -0.25) is 9.59 Å². The smallest absolute Gasteiger partial charge is 0.321 e. The fourth-order valence-electron chi connectivity index (χ4n) is 5.71. The van der Waals surface area contributed by atoms with Crippen molar-refractivity contribution in [3.05, 3.63) is 127 Å². The highest BCUT2D eigenvalue weighted by atomic mass is 79.9. The Morgan fingerprint density at radius 2 is 0.868 bits per heavy atom. The van der Waals surface area contributed by atoms with Crippen LogP contribution in [0.25, 0.3) is 0 Å². The molecular formula is C38H37BrCl4N6O4. The first-order chi connectivity index (χ1) is 25.5. The number of carbonyl (C=O) groups excluding carboxylic acids is 4. The van der Waals surface area contributed by atoms with Gasteiger partial charge in [0.2, 0.25) is 0 Å². The molecule has 2 N–H and O–H groups in total. The summed E-state index contributed by atoms with van der Waals surface area (Å²) in [5, 5.41) is 7.72. The van der Waals surface area contributed by atoms with Gasteiger partial charge in [-0.2, -0.15) is 0 Å². The van der Waals surface area contributed by atoms with Crippen LogP contribution in [0.5, 0.6) is 0 Å². The van der Waals surface area contributed by atoms with E-state index in [1.165, 1.54) is 0 Å². The maximum atomic E-state index is 12.6. The molecule has 2 heterocycles. The van der Waals surface area contributed by atoms with Crippen LogP contribution in [-0.4, -0.2) is 95.8 Å². The molecule has 0 unspecified atom stereocenters. The third-order valence-electron chi connectivity index (χ3n) is 8.59. The zero-order valence-corrected chi connectivity index (χ0v) is 33.2. The lowest BCUT2D eigenvalue weighted by Gasteiger charge is -2.22. The Bertz CT molecular complexity index is 1900. The second-order valence-corrected chi connectivity index (χ2v) is 14.9. The van der Waals surface area contributed by atoms with E-state index in [-0.39, 0.29) is 23.9 Å². The molecule has 10 nitrogen and oxygen atoms in total. The highest BCUT2D eigenvalue weighted by molar-refractivity contribution is 9.10. The third kappa shape index (κ3) is 11.7. The maximum Gasteiger partial charge on any atom is 0.321 e. The molecule has 278 valence electrons. The average Bonchev–Trinajstić information content (AvgIpc) is 3.57. The SMILES string of the molecule is O=C(Nc1ccc(Br)cc1)N1CCCN(C(=O)c2ccc(Cl)cc2)CC1.O=C(Nc1ccc(Cl)c(Cl)c1)N1CCCN(C(=O)c2ccc(Cl)cc2)CC1. The van der Waals surface area contributed by atoms with E-state index in [4.69, 9.17) is 46.4 Å². The van der Waals surface area contributed by atoms with Crippen LogP contribution >= 0.6 is 62.3 Å². The van der Waals surface area contributed by atoms with E-state index in [9.17, 15) is 19.2 Å². The summed E-state index contributed by atoms with van der Waals surface area (Å²) >= 11 is 27.0. The fraction of sp³-hybridized carbons (Fsp3) is 0.263. The van der Waals surface area contributed by atoms with Gasteiger partial charge in [0.1, 0.15) is 0 Å². The van der Waals surface area contributed by atoms with Crippen LogP contribution in [0, 0.1) is 0 Å². The van der Waals surface area contributed by atoms with E-state index in [1.807, 2.05) is 24.3 Å². The molecular weight excluding hydrogens is 826 g/mol. The first-order valence-corrected chi connectivity index (χ1v) is 19.2. The number of carbonyl (C=O) groups is 4. The molecule has 2 aliphatic rings. The Hall–Kier alpha value is -4.00. The van der Waals surface area contributed by atoms with Crippen LogP contribution in [0.4, 0.5) is 21.0 Å². The predicted octanol–water partition coefficient (Wildman–Crippen LogP) is 9.51. The summed E-state index contributed by atoms with van der Waals surface area (Å²) in [6.07, 6.45) is 1.45. The molecule has 0 saturated carbocycles. The molecule has 6 rings (SSSR count). The second-order valence-electron chi connectivity index (χ2n) is 12.3. The Morgan fingerprint density at radius 1 is 0.472 bits per heavy atom. The molecule has 0 aliphatic carbocycles. The van der Waals surface area contributed by atoms with Gasteiger partial charge in [-0.05, 0) is 104 Å². The zero-order valence-electron chi connectivity index (χ0n) is 28.5. The van der Waals surface area contributed by atoms with E-state index < -0.39 is 0 Å². The first-order valence-electron chi connectivity index (χ1n) is 16.9. The van der Waals surface area contributed by atoms with Crippen LogP contribution < -0.4 is 10.6 Å². The van der Waals surface area contributed by atoms with Gasteiger partial charge in [0.15, 0.2) is 0 Å². The molecule has 0 bridgehead atoms. The molecule has 0 atom stereocenters. The molecule has 0 spiro atoms.